The van der Waals surface area contributed by atoms with Crippen LogP contribution in [0.2, 0.25) is 0 Å². The molecule has 2 heterocycles. The van der Waals surface area contributed by atoms with E-state index in [0.29, 0.717) is 16.8 Å². The fourth-order valence-electron chi connectivity index (χ4n) is 2.43. The Morgan fingerprint density at radius 3 is 2.78 bits per heavy atom. The molecule has 2 aromatic heterocycles. The molecule has 0 saturated heterocycles. The molecule has 6 heteroatoms. The third-order valence-electron chi connectivity index (χ3n) is 3.68. The van der Waals surface area contributed by atoms with E-state index < -0.39 is 0 Å². The Morgan fingerprint density at radius 2 is 2.13 bits per heavy atom. The maximum atomic E-state index is 13.7. The Morgan fingerprint density at radius 1 is 1.30 bits per heavy atom. The van der Waals surface area contributed by atoms with Gasteiger partial charge < -0.3 is 10.2 Å². The molecular formula is C17H17FN2OS2. The van der Waals surface area contributed by atoms with Crippen molar-refractivity contribution in [2.45, 2.75) is 6.04 Å². The number of carbonyl (C=O) groups excluding carboxylic acids is 1. The monoisotopic (exact) mass is 348 g/mol. The maximum Gasteiger partial charge on any atom is 0.261 e. The number of hydrogen-bond acceptors (Lipinski definition) is 4. The van der Waals surface area contributed by atoms with E-state index in [1.54, 1.807) is 23.5 Å². The summed E-state index contributed by atoms with van der Waals surface area (Å²) in [6.07, 6.45) is 0. The summed E-state index contributed by atoms with van der Waals surface area (Å²) in [6, 6.07) is 10.7. The summed E-state index contributed by atoms with van der Waals surface area (Å²) in [5.41, 5.74) is 0. The Kier molecular flexibility index (Phi) is 4.75. The highest BCUT2D eigenvalue weighted by molar-refractivity contribution is 7.20. The molecule has 23 heavy (non-hydrogen) atoms. The van der Waals surface area contributed by atoms with Gasteiger partial charge in [0.1, 0.15) is 5.82 Å². The molecule has 1 aromatic carbocycles. The van der Waals surface area contributed by atoms with Crippen LogP contribution in [0.15, 0.2) is 41.8 Å². The molecule has 0 aliphatic heterocycles. The molecule has 0 fully saturated rings. The smallest absolute Gasteiger partial charge is 0.261 e. The molecule has 0 radical (unpaired) electrons. The van der Waals surface area contributed by atoms with Crippen molar-refractivity contribution < 1.29 is 9.18 Å². The minimum absolute atomic E-state index is 0.130. The summed E-state index contributed by atoms with van der Waals surface area (Å²) < 4.78 is 14.5. The summed E-state index contributed by atoms with van der Waals surface area (Å²) >= 11 is 2.99. The van der Waals surface area contributed by atoms with Gasteiger partial charge in [-0.25, -0.2) is 4.39 Å². The second-order valence-corrected chi connectivity index (χ2v) is 7.53. The molecule has 1 amide bonds. The third-order valence-corrected chi connectivity index (χ3v) is 5.76. The first-order valence-electron chi connectivity index (χ1n) is 7.22. The van der Waals surface area contributed by atoms with Gasteiger partial charge in [0.2, 0.25) is 0 Å². The average molecular weight is 348 g/mol. The van der Waals surface area contributed by atoms with Gasteiger partial charge in [0.25, 0.3) is 5.91 Å². The molecular weight excluding hydrogens is 331 g/mol. The first-order valence-corrected chi connectivity index (χ1v) is 8.92. The second kappa shape index (κ2) is 6.78. The predicted molar refractivity (Wildman–Crippen MR) is 94.9 cm³/mol. The fraction of sp³-hybridized carbons (Fsp3) is 0.235. The van der Waals surface area contributed by atoms with Gasteiger partial charge >= 0.3 is 0 Å². The number of amides is 1. The van der Waals surface area contributed by atoms with E-state index in [0.717, 1.165) is 4.70 Å². The lowest BCUT2D eigenvalue weighted by atomic mass is 10.2. The van der Waals surface area contributed by atoms with Crippen molar-refractivity contribution >= 4 is 38.7 Å². The standard InChI is InChI=1S/C17H17FN2OS2/c1-20(2)13(15-7-4-8-22-15)10-19-17(21)16-9-11-12(18)5-3-6-14(11)23-16/h3-9,13H,10H2,1-2H3,(H,19,21). The number of hydrogen-bond donors (Lipinski definition) is 1. The highest BCUT2D eigenvalue weighted by Gasteiger charge is 2.18. The molecule has 1 atom stereocenters. The molecule has 1 N–H and O–H groups in total. The van der Waals surface area contributed by atoms with Crippen LogP contribution < -0.4 is 5.32 Å². The number of fused-ring (bicyclic) bond motifs is 1. The van der Waals surface area contributed by atoms with Gasteiger partial charge in [-0.1, -0.05) is 12.1 Å². The summed E-state index contributed by atoms with van der Waals surface area (Å²) in [5.74, 6) is -0.448. The van der Waals surface area contributed by atoms with Crippen LogP contribution in [0.5, 0.6) is 0 Å². The summed E-state index contributed by atoms with van der Waals surface area (Å²) in [7, 11) is 3.98. The zero-order valence-corrected chi connectivity index (χ0v) is 14.5. The van der Waals surface area contributed by atoms with Gasteiger partial charge in [0.15, 0.2) is 0 Å². The van der Waals surface area contributed by atoms with Gasteiger partial charge in [0.05, 0.1) is 10.9 Å². The van der Waals surface area contributed by atoms with Gasteiger partial charge in [-0.3, -0.25) is 4.79 Å². The van der Waals surface area contributed by atoms with Gasteiger partial charge in [-0.2, -0.15) is 0 Å². The molecule has 3 aromatic rings. The number of thiophene rings is 2. The number of nitrogens with zero attached hydrogens (tertiary/aromatic N) is 1. The highest BCUT2D eigenvalue weighted by Crippen LogP contribution is 2.28. The average Bonchev–Trinajstić information content (AvgIpc) is 3.16. The molecule has 0 saturated carbocycles. The number of nitrogens with one attached hydrogen (secondary N) is 1. The zero-order valence-electron chi connectivity index (χ0n) is 12.9. The third kappa shape index (κ3) is 3.44. The molecule has 3 rings (SSSR count). The van der Waals surface area contributed by atoms with E-state index in [2.05, 4.69) is 16.3 Å². The van der Waals surface area contributed by atoms with Crippen molar-refractivity contribution in [3.05, 3.63) is 57.3 Å². The van der Waals surface area contributed by atoms with Gasteiger partial charge in [-0.05, 0) is 43.7 Å². The first kappa shape index (κ1) is 16.1. The van der Waals surface area contributed by atoms with Crippen LogP contribution in [-0.2, 0) is 0 Å². The minimum atomic E-state index is -0.289. The summed E-state index contributed by atoms with van der Waals surface area (Å²) in [6.45, 7) is 0.517. The molecule has 1 unspecified atom stereocenters. The molecule has 0 aliphatic rings. The van der Waals surface area contributed by atoms with Crippen LogP contribution in [0.4, 0.5) is 4.39 Å². The van der Waals surface area contributed by atoms with Crippen molar-refractivity contribution in [3.8, 4) is 0 Å². The number of halogens is 1. The van der Waals surface area contributed by atoms with Crippen molar-refractivity contribution in [1.29, 1.82) is 0 Å². The highest BCUT2D eigenvalue weighted by atomic mass is 32.1. The number of rotatable bonds is 5. The van der Waals surface area contributed by atoms with E-state index in [4.69, 9.17) is 0 Å². The number of benzene rings is 1. The van der Waals surface area contributed by atoms with E-state index in [1.165, 1.54) is 22.3 Å². The lowest BCUT2D eigenvalue weighted by Gasteiger charge is -2.23. The second-order valence-electron chi connectivity index (χ2n) is 5.47. The minimum Gasteiger partial charge on any atom is -0.349 e. The summed E-state index contributed by atoms with van der Waals surface area (Å²) in [5, 5.41) is 5.50. The van der Waals surface area contributed by atoms with E-state index >= 15 is 0 Å². The van der Waals surface area contributed by atoms with Crippen LogP contribution in [0, 0.1) is 5.82 Å². The lowest BCUT2D eigenvalue weighted by molar-refractivity contribution is 0.0946. The Labute approximate surface area is 142 Å². The van der Waals surface area contributed by atoms with Crippen LogP contribution >= 0.6 is 22.7 Å². The van der Waals surface area contributed by atoms with Gasteiger partial charge in [-0.15, -0.1) is 22.7 Å². The molecule has 3 nitrogen and oxygen atoms in total. The SMILES string of the molecule is CN(C)C(CNC(=O)c1cc2c(F)cccc2s1)c1cccs1. The fourth-order valence-corrected chi connectivity index (χ4v) is 4.35. The Hall–Kier alpha value is -1.76. The number of likely N-dealkylation sites (N-methyl/N-ethyl adjacent to an activating group) is 1. The predicted octanol–water partition coefficient (Wildman–Crippen LogP) is 4.13. The molecule has 0 bridgehead atoms. The van der Waals surface area contributed by atoms with Crippen molar-refractivity contribution in [2.75, 3.05) is 20.6 Å². The lowest BCUT2D eigenvalue weighted by Crippen LogP contribution is -2.33. The number of carbonyl (C=O) groups is 1. The quantitative estimate of drug-likeness (QED) is 0.752. The largest absolute Gasteiger partial charge is 0.349 e. The van der Waals surface area contributed by atoms with Gasteiger partial charge in [0, 0.05) is 21.5 Å². The zero-order chi connectivity index (χ0) is 16.4. The Balaban J connectivity index is 1.74. The molecule has 0 aliphatic carbocycles. The van der Waals surface area contributed by atoms with Crippen LogP contribution in [0.1, 0.15) is 20.6 Å². The van der Waals surface area contributed by atoms with Crippen LogP contribution in [0.3, 0.4) is 0 Å². The first-order chi connectivity index (χ1) is 11.1. The van der Waals surface area contributed by atoms with Crippen molar-refractivity contribution in [3.63, 3.8) is 0 Å². The normalized spacial score (nSPS) is 12.7. The molecule has 0 spiro atoms. The van der Waals surface area contributed by atoms with Crippen molar-refractivity contribution in [1.82, 2.24) is 10.2 Å². The van der Waals surface area contributed by atoms with Crippen LogP contribution in [-0.4, -0.2) is 31.4 Å². The summed E-state index contributed by atoms with van der Waals surface area (Å²) in [4.78, 5) is 16.2. The van der Waals surface area contributed by atoms with E-state index in [-0.39, 0.29) is 17.8 Å². The van der Waals surface area contributed by atoms with E-state index in [1.807, 2.05) is 31.6 Å². The molecule has 120 valence electrons. The Bertz CT molecular complexity index is 811. The van der Waals surface area contributed by atoms with Crippen molar-refractivity contribution in [2.24, 2.45) is 0 Å². The van der Waals surface area contributed by atoms with Crippen LogP contribution in [0.25, 0.3) is 10.1 Å². The maximum absolute atomic E-state index is 13.7. The topological polar surface area (TPSA) is 32.3 Å². The van der Waals surface area contributed by atoms with E-state index in [9.17, 15) is 9.18 Å².